The minimum Gasteiger partial charge on any atom is -0.354 e. The zero-order valence-corrected chi connectivity index (χ0v) is 14.9. The van der Waals surface area contributed by atoms with E-state index in [1.807, 2.05) is 55.5 Å². The number of nitrogens with one attached hydrogen (secondary N) is 3. The fourth-order valence-corrected chi connectivity index (χ4v) is 3.06. The lowest BCUT2D eigenvalue weighted by Gasteiger charge is -2.13. The number of amides is 2. The van der Waals surface area contributed by atoms with Crippen LogP contribution in [0.25, 0.3) is 0 Å². The van der Waals surface area contributed by atoms with Crippen molar-refractivity contribution in [2.45, 2.75) is 13.3 Å². The highest BCUT2D eigenvalue weighted by atomic mass is 16.2. The minimum absolute atomic E-state index is 0.0461. The Bertz CT molecular complexity index is 1030. The Balaban J connectivity index is 1.54. The van der Waals surface area contributed by atoms with Crippen molar-refractivity contribution < 1.29 is 9.59 Å². The molecule has 5 heteroatoms. The summed E-state index contributed by atoms with van der Waals surface area (Å²) >= 11 is 0. The molecule has 0 saturated heterocycles. The molecule has 134 valence electrons. The van der Waals surface area contributed by atoms with E-state index in [2.05, 4.69) is 16.0 Å². The van der Waals surface area contributed by atoms with Crippen LogP contribution in [0.3, 0.4) is 0 Å². The first-order valence-electron chi connectivity index (χ1n) is 8.75. The van der Waals surface area contributed by atoms with Crippen LogP contribution in [0.15, 0.2) is 66.7 Å². The second kappa shape index (κ2) is 6.96. The van der Waals surface area contributed by atoms with Gasteiger partial charge in [0.2, 0.25) is 5.91 Å². The van der Waals surface area contributed by atoms with Crippen molar-refractivity contribution in [2.24, 2.45) is 0 Å². The summed E-state index contributed by atoms with van der Waals surface area (Å²) in [7, 11) is 0. The number of rotatable bonds is 4. The molecule has 0 saturated carbocycles. The minimum atomic E-state index is -0.213. The molecular formula is C22H19N3O2. The number of aryl methyl sites for hydroxylation is 1. The first-order valence-corrected chi connectivity index (χ1v) is 8.75. The van der Waals surface area contributed by atoms with Gasteiger partial charge < -0.3 is 16.0 Å². The smallest absolute Gasteiger partial charge is 0.255 e. The number of hydrogen-bond acceptors (Lipinski definition) is 3. The number of hydrogen-bond donors (Lipinski definition) is 3. The topological polar surface area (TPSA) is 70.2 Å². The van der Waals surface area contributed by atoms with Gasteiger partial charge in [-0.1, -0.05) is 29.8 Å². The fourth-order valence-electron chi connectivity index (χ4n) is 3.06. The summed E-state index contributed by atoms with van der Waals surface area (Å²) < 4.78 is 0. The van der Waals surface area contributed by atoms with E-state index in [9.17, 15) is 9.59 Å². The van der Waals surface area contributed by atoms with E-state index in [0.29, 0.717) is 17.7 Å². The molecule has 0 unspecified atom stereocenters. The predicted octanol–water partition coefficient (Wildman–Crippen LogP) is 4.49. The van der Waals surface area contributed by atoms with Crippen LogP contribution < -0.4 is 16.0 Å². The summed E-state index contributed by atoms with van der Waals surface area (Å²) in [6.45, 7) is 2.04. The highest BCUT2D eigenvalue weighted by Crippen LogP contribution is 2.27. The maximum atomic E-state index is 12.7. The van der Waals surface area contributed by atoms with Crippen LogP contribution in [-0.4, -0.2) is 11.8 Å². The maximum absolute atomic E-state index is 12.7. The first kappa shape index (κ1) is 16.8. The van der Waals surface area contributed by atoms with Crippen LogP contribution in [0.2, 0.25) is 0 Å². The van der Waals surface area contributed by atoms with Gasteiger partial charge in [-0.3, -0.25) is 9.59 Å². The number of para-hydroxylation sites is 2. The molecule has 2 amide bonds. The fraction of sp³-hybridized carbons (Fsp3) is 0.0909. The van der Waals surface area contributed by atoms with Crippen molar-refractivity contribution in [2.75, 3.05) is 16.0 Å². The van der Waals surface area contributed by atoms with Crippen molar-refractivity contribution in [1.29, 1.82) is 0 Å². The number of fused-ring (bicyclic) bond motifs is 1. The van der Waals surface area contributed by atoms with E-state index < -0.39 is 0 Å². The van der Waals surface area contributed by atoms with Gasteiger partial charge in [0.15, 0.2) is 0 Å². The van der Waals surface area contributed by atoms with E-state index >= 15 is 0 Å². The van der Waals surface area contributed by atoms with Crippen molar-refractivity contribution in [3.05, 3.63) is 83.4 Å². The highest BCUT2D eigenvalue weighted by molar-refractivity contribution is 6.07. The monoisotopic (exact) mass is 357 g/mol. The van der Waals surface area contributed by atoms with E-state index in [1.54, 1.807) is 18.2 Å². The number of carbonyl (C=O) groups is 2. The van der Waals surface area contributed by atoms with Gasteiger partial charge in [-0.15, -0.1) is 0 Å². The quantitative estimate of drug-likeness (QED) is 0.644. The molecule has 3 aromatic rings. The molecule has 0 aromatic heterocycles. The van der Waals surface area contributed by atoms with Crippen LogP contribution in [-0.2, 0) is 11.2 Å². The lowest BCUT2D eigenvalue weighted by Crippen LogP contribution is -2.13. The summed E-state index contributed by atoms with van der Waals surface area (Å²) in [5, 5.41) is 9.06. The summed E-state index contributed by atoms with van der Waals surface area (Å²) in [6.07, 6.45) is 0.308. The first-order chi connectivity index (χ1) is 13.1. The van der Waals surface area contributed by atoms with Crippen LogP contribution in [0.1, 0.15) is 21.5 Å². The Morgan fingerprint density at radius 1 is 0.963 bits per heavy atom. The van der Waals surface area contributed by atoms with Crippen LogP contribution in [0, 0.1) is 6.92 Å². The average Bonchev–Trinajstić information content (AvgIpc) is 3.04. The molecule has 1 heterocycles. The zero-order chi connectivity index (χ0) is 18.8. The molecule has 0 atom stereocenters. The Morgan fingerprint density at radius 2 is 1.70 bits per heavy atom. The third-order valence-corrected chi connectivity index (χ3v) is 4.50. The third kappa shape index (κ3) is 3.67. The van der Waals surface area contributed by atoms with Gasteiger partial charge in [-0.2, -0.15) is 0 Å². The normalized spacial score (nSPS) is 12.3. The second-order valence-corrected chi connectivity index (χ2v) is 6.59. The number of benzene rings is 3. The second-order valence-electron chi connectivity index (χ2n) is 6.59. The highest BCUT2D eigenvalue weighted by Gasteiger charge is 2.19. The summed E-state index contributed by atoms with van der Waals surface area (Å²) in [5.41, 5.74) is 5.79. The van der Waals surface area contributed by atoms with E-state index in [0.717, 1.165) is 22.6 Å². The van der Waals surface area contributed by atoms with Gasteiger partial charge >= 0.3 is 0 Å². The van der Waals surface area contributed by atoms with Gasteiger partial charge in [-0.05, 0) is 55.0 Å². The molecule has 0 bridgehead atoms. The SMILES string of the molecule is Cc1ccc(Nc2ccccc2NC(=O)c2ccc3c(c2)CC(=O)N3)cc1. The molecule has 4 rings (SSSR count). The van der Waals surface area contributed by atoms with E-state index in [1.165, 1.54) is 5.56 Å². The van der Waals surface area contributed by atoms with Gasteiger partial charge in [-0.25, -0.2) is 0 Å². The van der Waals surface area contributed by atoms with Gasteiger partial charge in [0.1, 0.15) is 0 Å². The Labute approximate surface area is 157 Å². The molecule has 0 fully saturated rings. The zero-order valence-electron chi connectivity index (χ0n) is 14.9. The molecule has 0 radical (unpaired) electrons. The molecule has 3 aromatic carbocycles. The number of carbonyl (C=O) groups excluding carboxylic acids is 2. The largest absolute Gasteiger partial charge is 0.354 e. The molecule has 3 N–H and O–H groups in total. The maximum Gasteiger partial charge on any atom is 0.255 e. The van der Waals surface area contributed by atoms with Crippen molar-refractivity contribution in [1.82, 2.24) is 0 Å². The van der Waals surface area contributed by atoms with Crippen molar-refractivity contribution in [3.63, 3.8) is 0 Å². The van der Waals surface area contributed by atoms with Crippen molar-refractivity contribution >= 4 is 34.6 Å². The van der Waals surface area contributed by atoms with E-state index in [4.69, 9.17) is 0 Å². The number of anilines is 4. The molecule has 27 heavy (non-hydrogen) atoms. The predicted molar refractivity (Wildman–Crippen MR) is 108 cm³/mol. The molecule has 0 spiro atoms. The van der Waals surface area contributed by atoms with Gasteiger partial charge in [0, 0.05) is 16.9 Å². The summed E-state index contributed by atoms with van der Waals surface area (Å²) in [5.74, 6) is -0.259. The molecule has 0 aliphatic carbocycles. The average molecular weight is 357 g/mol. The molecule has 1 aliphatic heterocycles. The Kier molecular flexibility index (Phi) is 4.34. The molecule has 1 aliphatic rings. The summed E-state index contributed by atoms with van der Waals surface area (Å²) in [6, 6.07) is 20.9. The third-order valence-electron chi connectivity index (χ3n) is 4.50. The van der Waals surface area contributed by atoms with Gasteiger partial charge in [0.25, 0.3) is 5.91 Å². The van der Waals surface area contributed by atoms with Crippen LogP contribution >= 0.6 is 0 Å². The van der Waals surface area contributed by atoms with Crippen molar-refractivity contribution in [3.8, 4) is 0 Å². The molecular weight excluding hydrogens is 338 g/mol. The van der Waals surface area contributed by atoms with E-state index in [-0.39, 0.29) is 11.8 Å². The summed E-state index contributed by atoms with van der Waals surface area (Å²) in [4.78, 5) is 24.2. The Morgan fingerprint density at radius 3 is 2.48 bits per heavy atom. The van der Waals surface area contributed by atoms with Gasteiger partial charge in [0.05, 0.1) is 17.8 Å². The Hall–Kier alpha value is -3.60. The van der Waals surface area contributed by atoms with Crippen LogP contribution in [0.4, 0.5) is 22.7 Å². The molecule has 5 nitrogen and oxygen atoms in total. The van der Waals surface area contributed by atoms with Crippen LogP contribution in [0.5, 0.6) is 0 Å². The standard InChI is InChI=1S/C22H19N3O2/c1-14-6-9-17(10-7-14)23-19-4-2-3-5-20(19)25-22(27)15-8-11-18-16(12-15)13-21(26)24-18/h2-12,23H,13H2,1H3,(H,24,26)(H,25,27). The lowest BCUT2D eigenvalue weighted by molar-refractivity contribution is -0.115. The lowest BCUT2D eigenvalue weighted by atomic mass is 10.1.